The van der Waals surface area contributed by atoms with Crippen molar-refractivity contribution in [3.63, 3.8) is 0 Å². The van der Waals surface area contributed by atoms with Crippen LogP contribution in [0.3, 0.4) is 0 Å². The molecule has 0 radical (unpaired) electrons. The fourth-order valence-corrected chi connectivity index (χ4v) is 1.74. The molecule has 118 valence electrons. The molecule has 5 nitrogen and oxygen atoms in total. The first-order valence-corrected chi connectivity index (χ1v) is 6.89. The van der Waals surface area contributed by atoms with Gasteiger partial charge in [-0.25, -0.2) is 13.8 Å². The summed E-state index contributed by atoms with van der Waals surface area (Å²) in [5.74, 6) is 0.354. The van der Waals surface area contributed by atoms with E-state index in [1.807, 2.05) is 6.92 Å². The van der Waals surface area contributed by atoms with Crippen LogP contribution in [0.1, 0.15) is 29.4 Å². The number of pyridine rings is 1. The van der Waals surface area contributed by atoms with E-state index in [9.17, 15) is 13.6 Å². The summed E-state index contributed by atoms with van der Waals surface area (Å²) in [5, 5.41) is 5.54. The number of nitrogens with zero attached hydrogens (tertiary/aromatic N) is 1. The van der Waals surface area contributed by atoms with Gasteiger partial charge in [0.15, 0.2) is 0 Å². The molecule has 1 heterocycles. The molecule has 1 rings (SSSR count). The number of alkyl halides is 2. The Morgan fingerprint density at radius 1 is 1.43 bits per heavy atom. The van der Waals surface area contributed by atoms with Crippen molar-refractivity contribution in [3.8, 4) is 0 Å². The van der Waals surface area contributed by atoms with Crippen LogP contribution in [0.4, 0.5) is 14.6 Å². The quantitative estimate of drug-likeness (QED) is 0.686. The van der Waals surface area contributed by atoms with Gasteiger partial charge >= 0.3 is 0 Å². The average molecular weight is 301 g/mol. The summed E-state index contributed by atoms with van der Waals surface area (Å²) in [6.45, 7) is 1.66. The molecule has 1 aromatic rings. The normalized spacial score (nSPS) is 10.7. The smallest absolute Gasteiger partial charge is 0.261 e. The summed E-state index contributed by atoms with van der Waals surface area (Å²) in [7, 11) is 1.73. The lowest BCUT2D eigenvalue weighted by atomic mass is 10.1. The number of carbonyl (C=O) groups excluding carboxylic acids is 1. The van der Waals surface area contributed by atoms with Crippen molar-refractivity contribution in [2.45, 2.75) is 26.2 Å². The number of ether oxygens (including phenoxy) is 1. The molecule has 0 aliphatic rings. The Labute approximate surface area is 123 Å². The van der Waals surface area contributed by atoms with E-state index in [0.29, 0.717) is 11.4 Å². The van der Waals surface area contributed by atoms with Gasteiger partial charge in [-0.1, -0.05) is 13.3 Å². The molecule has 0 spiro atoms. The minimum absolute atomic E-state index is 0.0574. The van der Waals surface area contributed by atoms with Crippen LogP contribution in [0.2, 0.25) is 0 Å². The highest BCUT2D eigenvalue weighted by Gasteiger charge is 2.09. The highest BCUT2D eigenvalue weighted by Crippen LogP contribution is 2.11. The molecular formula is C14H21F2N3O2. The molecular weight excluding hydrogens is 280 g/mol. The molecule has 0 aliphatic heterocycles. The molecule has 0 fully saturated rings. The average Bonchev–Trinajstić information content (AvgIpc) is 2.46. The lowest BCUT2D eigenvalue weighted by molar-refractivity contribution is 0.0188. The van der Waals surface area contributed by atoms with E-state index in [0.717, 1.165) is 18.5 Å². The Bertz CT molecular complexity index is 456. The Hall–Kier alpha value is -1.76. The second-order valence-electron chi connectivity index (χ2n) is 4.45. The van der Waals surface area contributed by atoms with Gasteiger partial charge in [0.1, 0.15) is 12.4 Å². The van der Waals surface area contributed by atoms with E-state index < -0.39 is 13.0 Å². The van der Waals surface area contributed by atoms with Crippen molar-refractivity contribution in [1.82, 2.24) is 10.3 Å². The summed E-state index contributed by atoms with van der Waals surface area (Å²) in [4.78, 5) is 16.3. The zero-order valence-electron chi connectivity index (χ0n) is 12.3. The maximum absolute atomic E-state index is 12.0. The fourth-order valence-electron chi connectivity index (χ4n) is 1.74. The molecule has 0 saturated carbocycles. The van der Waals surface area contributed by atoms with Gasteiger partial charge in [0.25, 0.3) is 12.3 Å². The zero-order valence-corrected chi connectivity index (χ0v) is 12.3. The van der Waals surface area contributed by atoms with Crippen LogP contribution in [0, 0.1) is 0 Å². The van der Waals surface area contributed by atoms with Gasteiger partial charge in [-0.15, -0.1) is 0 Å². The van der Waals surface area contributed by atoms with Crippen LogP contribution in [0.5, 0.6) is 0 Å². The van der Waals surface area contributed by atoms with Crippen LogP contribution < -0.4 is 10.6 Å². The van der Waals surface area contributed by atoms with E-state index >= 15 is 0 Å². The van der Waals surface area contributed by atoms with Gasteiger partial charge in [-0.05, 0) is 18.6 Å². The standard InChI is InChI=1S/C14H21F2N3O2/c1-3-4-11-7-10(8-13(17-2)19-11)14(20)18-5-6-21-9-12(15)16/h7-8,12H,3-6,9H2,1-2H3,(H,17,19)(H,18,20). The lowest BCUT2D eigenvalue weighted by Gasteiger charge is -2.09. The summed E-state index contributed by atoms with van der Waals surface area (Å²) in [6, 6.07) is 3.38. The molecule has 1 amide bonds. The minimum Gasteiger partial charge on any atom is -0.374 e. The summed E-state index contributed by atoms with van der Waals surface area (Å²) in [5.41, 5.74) is 1.33. The van der Waals surface area contributed by atoms with Crippen molar-refractivity contribution in [1.29, 1.82) is 0 Å². The van der Waals surface area contributed by atoms with Crippen molar-refractivity contribution < 1.29 is 18.3 Å². The monoisotopic (exact) mass is 301 g/mol. The number of rotatable bonds is 9. The number of hydrogen-bond donors (Lipinski definition) is 2. The van der Waals surface area contributed by atoms with E-state index in [1.54, 1.807) is 19.2 Å². The maximum atomic E-state index is 12.0. The van der Waals surface area contributed by atoms with E-state index in [-0.39, 0.29) is 19.1 Å². The van der Waals surface area contributed by atoms with Gasteiger partial charge in [0, 0.05) is 24.8 Å². The Balaban J connectivity index is 2.54. The number of anilines is 1. The summed E-state index contributed by atoms with van der Waals surface area (Å²) < 4.78 is 28.4. The second kappa shape index (κ2) is 9.23. The molecule has 7 heteroatoms. The van der Waals surface area contributed by atoms with Gasteiger partial charge in [0.2, 0.25) is 0 Å². The second-order valence-corrected chi connectivity index (χ2v) is 4.45. The predicted molar refractivity (Wildman–Crippen MR) is 76.9 cm³/mol. The molecule has 0 aliphatic carbocycles. The number of amides is 1. The van der Waals surface area contributed by atoms with Crippen LogP contribution >= 0.6 is 0 Å². The SMILES string of the molecule is CCCc1cc(C(=O)NCCOCC(F)F)cc(NC)n1. The van der Waals surface area contributed by atoms with Gasteiger partial charge < -0.3 is 15.4 Å². The third-order valence-electron chi connectivity index (χ3n) is 2.68. The zero-order chi connectivity index (χ0) is 15.7. The lowest BCUT2D eigenvalue weighted by Crippen LogP contribution is -2.28. The molecule has 2 N–H and O–H groups in total. The highest BCUT2D eigenvalue weighted by molar-refractivity contribution is 5.95. The van der Waals surface area contributed by atoms with Crippen molar-refractivity contribution in [3.05, 3.63) is 23.4 Å². The summed E-state index contributed by atoms with van der Waals surface area (Å²) in [6.07, 6.45) is -0.772. The van der Waals surface area contributed by atoms with Gasteiger partial charge in [0.05, 0.1) is 6.61 Å². The first-order chi connectivity index (χ1) is 10.1. The molecule has 21 heavy (non-hydrogen) atoms. The number of halogens is 2. The number of aromatic nitrogens is 1. The van der Waals surface area contributed by atoms with Crippen molar-refractivity contribution >= 4 is 11.7 Å². The van der Waals surface area contributed by atoms with Crippen molar-refractivity contribution in [2.75, 3.05) is 32.1 Å². The van der Waals surface area contributed by atoms with Crippen LogP contribution in [-0.4, -0.2) is 44.1 Å². The Morgan fingerprint density at radius 2 is 2.19 bits per heavy atom. The Kier molecular flexibility index (Phi) is 7.60. The molecule has 0 unspecified atom stereocenters. The molecule has 0 aromatic carbocycles. The first-order valence-electron chi connectivity index (χ1n) is 6.89. The topological polar surface area (TPSA) is 63.2 Å². The molecule has 1 aromatic heterocycles. The number of hydrogen-bond acceptors (Lipinski definition) is 4. The Morgan fingerprint density at radius 3 is 2.81 bits per heavy atom. The largest absolute Gasteiger partial charge is 0.374 e. The van der Waals surface area contributed by atoms with Crippen molar-refractivity contribution in [2.24, 2.45) is 0 Å². The van der Waals surface area contributed by atoms with E-state index in [1.165, 1.54) is 0 Å². The first kappa shape index (κ1) is 17.3. The third kappa shape index (κ3) is 6.48. The maximum Gasteiger partial charge on any atom is 0.261 e. The minimum atomic E-state index is -2.49. The van der Waals surface area contributed by atoms with Gasteiger partial charge in [-0.3, -0.25) is 4.79 Å². The molecule has 0 saturated heterocycles. The van der Waals surface area contributed by atoms with Crippen LogP contribution in [0.15, 0.2) is 12.1 Å². The number of aryl methyl sites for hydroxylation is 1. The van der Waals surface area contributed by atoms with E-state index in [4.69, 9.17) is 4.74 Å². The van der Waals surface area contributed by atoms with E-state index in [2.05, 4.69) is 15.6 Å². The summed E-state index contributed by atoms with van der Waals surface area (Å²) >= 11 is 0. The molecule has 0 atom stereocenters. The fraction of sp³-hybridized carbons (Fsp3) is 0.571. The van der Waals surface area contributed by atoms with Crippen LogP contribution in [-0.2, 0) is 11.2 Å². The predicted octanol–water partition coefficient (Wildman–Crippen LogP) is 2.09. The molecule has 0 bridgehead atoms. The highest BCUT2D eigenvalue weighted by atomic mass is 19.3. The third-order valence-corrected chi connectivity index (χ3v) is 2.68. The number of nitrogens with one attached hydrogen (secondary N) is 2. The number of carbonyl (C=O) groups is 1. The van der Waals surface area contributed by atoms with Crippen LogP contribution in [0.25, 0.3) is 0 Å². The van der Waals surface area contributed by atoms with Gasteiger partial charge in [-0.2, -0.15) is 0 Å².